The molecule has 5 heteroatoms. The molecule has 2 N–H and O–H groups in total. The molecule has 1 fully saturated rings. The summed E-state index contributed by atoms with van der Waals surface area (Å²) in [6, 6.07) is 0. The van der Waals surface area contributed by atoms with E-state index in [1.54, 1.807) is 0 Å². The van der Waals surface area contributed by atoms with Gasteiger partial charge in [-0.3, -0.25) is 9.59 Å². The normalized spacial score (nSPS) is 27.1. The van der Waals surface area contributed by atoms with E-state index in [0.29, 0.717) is 25.3 Å². The Balaban J connectivity index is 2.33. The van der Waals surface area contributed by atoms with Gasteiger partial charge in [-0.2, -0.15) is 11.8 Å². The predicted octanol–water partition coefficient (Wildman–Crippen LogP) is 1.99. The van der Waals surface area contributed by atoms with E-state index in [0.717, 1.165) is 17.9 Å². The molecule has 1 unspecified atom stereocenters. The zero-order valence-corrected chi connectivity index (χ0v) is 12.0. The molecule has 0 aromatic rings. The molecular weight excluding hydrogens is 250 g/mol. The van der Waals surface area contributed by atoms with Crippen molar-refractivity contribution in [3.05, 3.63) is 0 Å². The van der Waals surface area contributed by atoms with Gasteiger partial charge in [-0.1, -0.05) is 13.8 Å². The number of nitrogens with one attached hydrogen (secondary N) is 1. The Morgan fingerprint density at radius 2 is 2.00 bits per heavy atom. The van der Waals surface area contributed by atoms with Crippen LogP contribution in [0.1, 0.15) is 33.1 Å². The molecular formula is C13H23NO3S. The van der Waals surface area contributed by atoms with Gasteiger partial charge < -0.3 is 10.4 Å². The van der Waals surface area contributed by atoms with Crippen LogP contribution in [0.5, 0.6) is 0 Å². The lowest BCUT2D eigenvalue weighted by Crippen LogP contribution is -2.35. The first-order valence-corrected chi connectivity index (χ1v) is 7.80. The molecule has 0 aromatic heterocycles. The Morgan fingerprint density at radius 3 is 2.61 bits per heavy atom. The second kappa shape index (κ2) is 7.67. The third-order valence-electron chi connectivity index (χ3n) is 3.42. The molecule has 1 aliphatic rings. The van der Waals surface area contributed by atoms with Crippen molar-refractivity contribution in [1.82, 2.24) is 5.32 Å². The molecule has 1 saturated carbocycles. The zero-order valence-electron chi connectivity index (χ0n) is 11.1. The van der Waals surface area contributed by atoms with Gasteiger partial charge in [0.2, 0.25) is 5.91 Å². The molecule has 3 atom stereocenters. The van der Waals surface area contributed by atoms with Crippen LogP contribution >= 0.6 is 11.8 Å². The van der Waals surface area contributed by atoms with Crippen molar-refractivity contribution in [2.75, 3.05) is 18.1 Å². The average molecular weight is 273 g/mol. The summed E-state index contributed by atoms with van der Waals surface area (Å²) in [6.45, 7) is 4.78. The molecule has 4 nitrogen and oxygen atoms in total. The monoisotopic (exact) mass is 273 g/mol. The van der Waals surface area contributed by atoms with Gasteiger partial charge in [0.05, 0.1) is 11.8 Å². The summed E-state index contributed by atoms with van der Waals surface area (Å²) in [6.07, 6.45) is 2.27. The lowest BCUT2D eigenvalue weighted by molar-refractivity contribution is -0.146. The van der Waals surface area contributed by atoms with Crippen molar-refractivity contribution in [2.24, 2.45) is 17.8 Å². The highest BCUT2D eigenvalue weighted by atomic mass is 32.2. The molecule has 1 amide bonds. The number of carbonyl (C=O) groups is 2. The van der Waals surface area contributed by atoms with Gasteiger partial charge in [0.1, 0.15) is 0 Å². The molecule has 0 heterocycles. The van der Waals surface area contributed by atoms with Crippen molar-refractivity contribution >= 4 is 23.6 Å². The lowest BCUT2D eigenvalue weighted by atomic mass is 9.95. The maximum Gasteiger partial charge on any atom is 0.307 e. The summed E-state index contributed by atoms with van der Waals surface area (Å²) < 4.78 is 0. The molecule has 104 valence electrons. The van der Waals surface area contributed by atoms with Crippen molar-refractivity contribution in [3.8, 4) is 0 Å². The van der Waals surface area contributed by atoms with Crippen LogP contribution in [0.25, 0.3) is 0 Å². The quantitative estimate of drug-likeness (QED) is 0.696. The van der Waals surface area contributed by atoms with Crippen molar-refractivity contribution < 1.29 is 14.7 Å². The van der Waals surface area contributed by atoms with E-state index in [9.17, 15) is 9.59 Å². The Labute approximate surface area is 113 Å². The number of amides is 1. The first-order chi connectivity index (χ1) is 8.56. The lowest BCUT2D eigenvalue weighted by Gasteiger charge is -2.15. The van der Waals surface area contributed by atoms with E-state index in [4.69, 9.17) is 5.11 Å². The van der Waals surface area contributed by atoms with Crippen LogP contribution in [-0.4, -0.2) is 35.0 Å². The number of thioether (sulfide) groups is 1. The maximum absolute atomic E-state index is 12.0. The number of carboxylic acid groups (broad SMARTS) is 1. The van der Waals surface area contributed by atoms with Gasteiger partial charge in [-0.05, 0) is 36.7 Å². The molecule has 0 bridgehead atoms. The van der Waals surface area contributed by atoms with Gasteiger partial charge >= 0.3 is 5.97 Å². The molecule has 0 aromatic carbocycles. The zero-order chi connectivity index (χ0) is 13.5. The van der Waals surface area contributed by atoms with Gasteiger partial charge in [-0.15, -0.1) is 0 Å². The Morgan fingerprint density at radius 1 is 1.33 bits per heavy atom. The topological polar surface area (TPSA) is 66.4 Å². The van der Waals surface area contributed by atoms with E-state index in [2.05, 4.69) is 12.2 Å². The number of aliphatic carboxylic acids is 1. The summed E-state index contributed by atoms with van der Waals surface area (Å²) in [4.78, 5) is 23.1. The third-order valence-corrected chi connectivity index (χ3v) is 4.41. The minimum atomic E-state index is -0.832. The van der Waals surface area contributed by atoms with Gasteiger partial charge in [0.15, 0.2) is 0 Å². The van der Waals surface area contributed by atoms with E-state index in [1.807, 2.05) is 18.7 Å². The second-order valence-electron chi connectivity index (χ2n) is 4.97. The van der Waals surface area contributed by atoms with Crippen LogP contribution in [0.15, 0.2) is 0 Å². The Bertz CT molecular complexity index is 296. The highest BCUT2D eigenvalue weighted by Crippen LogP contribution is 2.36. The van der Waals surface area contributed by atoms with Crippen LogP contribution < -0.4 is 5.32 Å². The molecule has 0 spiro atoms. The second-order valence-corrected chi connectivity index (χ2v) is 6.36. The van der Waals surface area contributed by atoms with Gasteiger partial charge in [0, 0.05) is 6.54 Å². The fourth-order valence-corrected chi connectivity index (χ4v) is 3.15. The Hall–Kier alpha value is -0.710. The third kappa shape index (κ3) is 4.52. The number of hydrogen-bond donors (Lipinski definition) is 2. The Kier molecular flexibility index (Phi) is 6.54. The van der Waals surface area contributed by atoms with E-state index in [-0.39, 0.29) is 11.8 Å². The summed E-state index contributed by atoms with van der Waals surface area (Å²) in [5.74, 6) is 0.725. The highest BCUT2D eigenvalue weighted by molar-refractivity contribution is 7.99. The number of rotatable bonds is 7. The largest absolute Gasteiger partial charge is 0.481 e. The molecule has 18 heavy (non-hydrogen) atoms. The van der Waals surface area contributed by atoms with E-state index in [1.165, 1.54) is 0 Å². The summed E-state index contributed by atoms with van der Waals surface area (Å²) >= 11 is 1.85. The fourth-order valence-electron chi connectivity index (χ4n) is 2.52. The molecule has 0 aliphatic heterocycles. The SMILES string of the molecule is CCSCCCNC(=O)[C@H]1CC(C)C[C@H]1C(=O)O. The van der Waals surface area contributed by atoms with Crippen LogP contribution in [0.4, 0.5) is 0 Å². The standard InChI is InChI=1S/C13H23NO3S/c1-3-18-6-4-5-14-12(15)10-7-9(2)8-11(10)13(16)17/h9-11H,3-8H2,1-2H3,(H,14,15)(H,16,17)/t9?,10-,11+/m0/s1. The van der Waals surface area contributed by atoms with E-state index < -0.39 is 11.9 Å². The van der Waals surface area contributed by atoms with Crippen molar-refractivity contribution in [3.63, 3.8) is 0 Å². The van der Waals surface area contributed by atoms with Crippen LogP contribution in [0, 0.1) is 17.8 Å². The number of carbonyl (C=O) groups excluding carboxylic acids is 1. The smallest absolute Gasteiger partial charge is 0.307 e. The highest BCUT2D eigenvalue weighted by Gasteiger charge is 2.40. The van der Waals surface area contributed by atoms with Crippen LogP contribution in [-0.2, 0) is 9.59 Å². The first-order valence-electron chi connectivity index (χ1n) is 6.64. The van der Waals surface area contributed by atoms with Crippen molar-refractivity contribution in [1.29, 1.82) is 0 Å². The average Bonchev–Trinajstić information content (AvgIpc) is 2.71. The minimum Gasteiger partial charge on any atom is -0.481 e. The summed E-state index contributed by atoms with van der Waals surface area (Å²) in [7, 11) is 0. The molecule has 1 aliphatic carbocycles. The van der Waals surface area contributed by atoms with Crippen molar-refractivity contribution in [2.45, 2.75) is 33.1 Å². The predicted molar refractivity (Wildman–Crippen MR) is 73.6 cm³/mol. The molecule has 1 rings (SSSR count). The maximum atomic E-state index is 12.0. The van der Waals surface area contributed by atoms with E-state index >= 15 is 0 Å². The first kappa shape index (κ1) is 15.3. The van der Waals surface area contributed by atoms with Gasteiger partial charge in [0.25, 0.3) is 0 Å². The van der Waals surface area contributed by atoms with Gasteiger partial charge in [-0.25, -0.2) is 0 Å². The minimum absolute atomic E-state index is 0.0757. The fraction of sp³-hybridized carbons (Fsp3) is 0.846. The summed E-state index contributed by atoms with van der Waals surface area (Å²) in [5.41, 5.74) is 0. The number of hydrogen-bond acceptors (Lipinski definition) is 3. The molecule has 0 radical (unpaired) electrons. The van der Waals surface area contributed by atoms with Crippen LogP contribution in [0.2, 0.25) is 0 Å². The van der Waals surface area contributed by atoms with Crippen LogP contribution in [0.3, 0.4) is 0 Å². The number of carboxylic acids is 1. The summed E-state index contributed by atoms with van der Waals surface area (Å²) in [5, 5.41) is 12.0. The molecule has 0 saturated heterocycles.